The summed E-state index contributed by atoms with van der Waals surface area (Å²) >= 11 is 5.88. The fourth-order valence-corrected chi connectivity index (χ4v) is 1.58. The maximum absolute atomic E-state index is 11.4. The standard InChI is InChI=1S/C10H10ClN5O2/c1-12-10(17)6-3-4-16(15-6)9-7(18-2)8(11)13-5-14-9/h3-5H,1-2H3,(H,12,17). The van der Waals surface area contributed by atoms with E-state index in [0.29, 0.717) is 11.6 Å². The van der Waals surface area contributed by atoms with E-state index in [1.165, 1.54) is 25.2 Å². The molecular weight excluding hydrogens is 258 g/mol. The molecule has 0 bridgehead atoms. The average Bonchev–Trinajstić information content (AvgIpc) is 2.87. The lowest BCUT2D eigenvalue weighted by atomic mass is 10.4. The van der Waals surface area contributed by atoms with E-state index >= 15 is 0 Å². The quantitative estimate of drug-likeness (QED) is 0.827. The third-order valence-corrected chi connectivity index (χ3v) is 2.48. The van der Waals surface area contributed by atoms with Crippen LogP contribution in [0.15, 0.2) is 18.6 Å². The van der Waals surface area contributed by atoms with Gasteiger partial charge in [0.15, 0.2) is 10.8 Å². The van der Waals surface area contributed by atoms with Crippen molar-refractivity contribution >= 4 is 17.5 Å². The summed E-state index contributed by atoms with van der Waals surface area (Å²) in [5.74, 6) is 0.381. The zero-order valence-electron chi connectivity index (χ0n) is 9.72. The van der Waals surface area contributed by atoms with E-state index in [2.05, 4.69) is 20.4 Å². The fraction of sp³-hybridized carbons (Fsp3) is 0.200. The Morgan fingerprint density at radius 2 is 2.28 bits per heavy atom. The van der Waals surface area contributed by atoms with Crippen LogP contribution < -0.4 is 10.1 Å². The van der Waals surface area contributed by atoms with Gasteiger partial charge in [-0.3, -0.25) is 4.79 Å². The summed E-state index contributed by atoms with van der Waals surface area (Å²) in [4.78, 5) is 19.2. The number of amides is 1. The van der Waals surface area contributed by atoms with E-state index < -0.39 is 0 Å². The van der Waals surface area contributed by atoms with Crippen LogP contribution in [0.2, 0.25) is 5.15 Å². The molecule has 18 heavy (non-hydrogen) atoms. The number of aromatic nitrogens is 4. The number of carbonyl (C=O) groups is 1. The van der Waals surface area contributed by atoms with Crippen LogP contribution in [0.3, 0.4) is 0 Å². The molecule has 0 aliphatic carbocycles. The average molecular weight is 268 g/mol. The topological polar surface area (TPSA) is 81.9 Å². The summed E-state index contributed by atoms with van der Waals surface area (Å²) in [6.45, 7) is 0. The monoisotopic (exact) mass is 267 g/mol. The molecule has 0 aliphatic rings. The molecule has 2 heterocycles. The van der Waals surface area contributed by atoms with E-state index in [1.807, 2.05) is 0 Å². The Morgan fingerprint density at radius 1 is 1.50 bits per heavy atom. The molecule has 0 fully saturated rings. The highest BCUT2D eigenvalue weighted by molar-refractivity contribution is 6.31. The van der Waals surface area contributed by atoms with Gasteiger partial charge < -0.3 is 10.1 Å². The minimum absolute atomic E-state index is 0.180. The SMILES string of the molecule is CNC(=O)c1ccn(-c2ncnc(Cl)c2OC)n1. The number of methoxy groups -OCH3 is 1. The molecule has 8 heteroatoms. The number of hydrogen-bond acceptors (Lipinski definition) is 5. The summed E-state index contributed by atoms with van der Waals surface area (Å²) in [5.41, 5.74) is 0.272. The molecule has 2 aromatic rings. The van der Waals surface area contributed by atoms with E-state index in [4.69, 9.17) is 16.3 Å². The van der Waals surface area contributed by atoms with Gasteiger partial charge in [-0.1, -0.05) is 11.6 Å². The van der Waals surface area contributed by atoms with Gasteiger partial charge in [-0.15, -0.1) is 0 Å². The second-order valence-corrected chi connectivity index (χ2v) is 3.60. The second-order valence-electron chi connectivity index (χ2n) is 3.25. The Hall–Kier alpha value is -2.15. The van der Waals surface area contributed by atoms with E-state index in [9.17, 15) is 4.79 Å². The molecular formula is C10H10ClN5O2. The maximum Gasteiger partial charge on any atom is 0.271 e. The van der Waals surface area contributed by atoms with Crippen molar-refractivity contribution < 1.29 is 9.53 Å². The molecule has 2 rings (SSSR count). The Labute approximate surface area is 108 Å². The Bertz CT molecular complexity index is 583. The molecule has 0 atom stereocenters. The molecule has 0 saturated carbocycles. The molecule has 1 N–H and O–H groups in total. The highest BCUT2D eigenvalue weighted by Gasteiger charge is 2.15. The summed E-state index contributed by atoms with van der Waals surface area (Å²) in [6.07, 6.45) is 2.88. The first kappa shape index (κ1) is 12.3. The van der Waals surface area contributed by atoms with Gasteiger partial charge in [0.25, 0.3) is 5.91 Å². The van der Waals surface area contributed by atoms with Crippen LogP contribution in [0.25, 0.3) is 5.82 Å². The van der Waals surface area contributed by atoms with Gasteiger partial charge in [-0.25, -0.2) is 14.6 Å². The predicted octanol–water partition coefficient (Wildman–Crippen LogP) is 0.684. The highest BCUT2D eigenvalue weighted by atomic mass is 35.5. The van der Waals surface area contributed by atoms with Crippen LogP contribution in [-0.2, 0) is 0 Å². The smallest absolute Gasteiger partial charge is 0.271 e. The van der Waals surface area contributed by atoms with Gasteiger partial charge in [0.05, 0.1) is 7.11 Å². The normalized spacial score (nSPS) is 10.2. The lowest BCUT2D eigenvalue weighted by Gasteiger charge is -2.07. The van der Waals surface area contributed by atoms with Gasteiger partial charge in [0.2, 0.25) is 11.6 Å². The van der Waals surface area contributed by atoms with Gasteiger partial charge in [0, 0.05) is 13.2 Å². The molecule has 7 nitrogen and oxygen atoms in total. The Balaban J connectivity index is 2.46. The molecule has 94 valence electrons. The molecule has 0 saturated heterocycles. The molecule has 0 aromatic carbocycles. The number of nitrogens with zero attached hydrogens (tertiary/aromatic N) is 4. The van der Waals surface area contributed by atoms with Crippen LogP contribution in [0.1, 0.15) is 10.5 Å². The highest BCUT2D eigenvalue weighted by Crippen LogP contribution is 2.26. The summed E-state index contributed by atoms with van der Waals surface area (Å²) < 4.78 is 6.51. The van der Waals surface area contributed by atoms with Crippen molar-refractivity contribution in [2.24, 2.45) is 0 Å². The third kappa shape index (κ3) is 2.12. The number of nitrogens with one attached hydrogen (secondary N) is 1. The van der Waals surface area contributed by atoms with Crippen LogP contribution in [0.4, 0.5) is 0 Å². The van der Waals surface area contributed by atoms with E-state index in [-0.39, 0.29) is 16.8 Å². The van der Waals surface area contributed by atoms with Crippen molar-refractivity contribution in [3.05, 3.63) is 29.4 Å². The Kier molecular flexibility index (Phi) is 3.42. The maximum atomic E-state index is 11.4. The van der Waals surface area contributed by atoms with Gasteiger partial charge in [-0.2, -0.15) is 5.10 Å². The first-order chi connectivity index (χ1) is 8.67. The van der Waals surface area contributed by atoms with E-state index in [0.717, 1.165) is 0 Å². The van der Waals surface area contributed by atoms with Crippen LogP contribution in [-0.4, -0.2) is 39.8 Å². The molecule has 0 spiro atoms. The zero-order chi connectivity index (χ0) is 13.1. The molecule has 0 unspecified atom stereocenters. The molecule has 0 radical (unpaired) electrons. The minimum atomic E-state index is -0.284. The molecule has 2 aromatic heterocycles. The Morgan fingerprint density at radius 3 is 2.94 bits per heavy atom. The van der Waals surface area contributed by atoms with Gasteiger partial charge in [0.1, 0.15) is 6.33 Å². The summed E-state index contributed by atoms with van der Waals surface area (Å²) in [6, 6.07) is 1.56. The van der Waals surface area contributed by atoms with Crippen LogP contribution >= 0.6 is 11.6 Å². The number of rotatable bonds is 3. The van der Waals surface area contributed by atoms with Crippen molar-refractivity contribution in [3.63, 3.8) is 0 Å². The first-order valence-electron chi connectivity index (χ1n) is 5.00. The first-order valence-corrected chi connectivity index (χ1v) is 5.37. The molecule has 1 amide bonds. The van der Waals surface area contributed by atoms with E-state index in [1.54, 1.807) is 12.3 Å². The summed E-state index contributed by atoms with van der Waals surface area (Å²) in [5, 5.41) is 6.74. The van der Waals surface area contributed by atoms with Crippen molar-refractivity contribution in [1.82, 2.24) is 25.1 Å². The zero-order valence-corrected chi connectivity index (χ0v) is 10.5. The van der Waals surface area contributed by atoms with Crippen molar-refractivity contribution in [2.45, 2.75) is 0 Å². The number of carbonyl (C=O) groups excluding carboxylic acids is 1. The third-order valence-electron chi connectivity index (χ3n) is 2.21. The summed E-state index contributed by atoms with van der Waals surface area (Å²) in [7, 11) is 2.99. The van der Waals surface area contributed by atoms with Crippen LogP contribution in [0.5, 0.6) is 5.75 Å². The number of hydrogen-bond donors (Lipinski definition) is 1. The lowest BCUT2D eigenvalue weighted by Crippen LogP contribution is -2.18. The van der Waals surface area contributed by atoms with Crippen molar-refractivity contribution in [1.29, 1.82) is 0 Å². The van der Waals surface area contributed by atoms with Crippen molar-refractivity contribution in [2.75, 3.05) is 14.2 Å². The predicted molar refractivity (Wildman–Crippen MR) is 64.1 cm³/mol. The number of ether oxygens (including phenoxy) is 1. The second kappa shape index (κ2) is 5.01. The fourth-order valence-electron chi connectivity index (χ4n) is 1.37. The van der Waals surface area contributed by atoms with Crippen molar-refractivity contribution in [3.8, 4) is 11.6 Å². The molecule has 0 aliphatic heterocycles. The van der Waals surface area contributed by atoms with Gasteiger partial charge >= 0.3 is 0 Å². The number of halogens is 1. The lowest BCUT2D eigenvalue weighted by molar-refractivity contribution is 0.0957. The minimum Gasteiger partial charge on any atom is -0.490 e. The largest absolute Gasteiger partial charge is 0.490 e. The van der Waals surface area contributed by atoms with Gasteiger partial charge in [-0.05, 0) is 6.07 Å². The van der Waals surface area contributed by atoms with Crippen LogP contribution in [0, 0.1) is 0 Å².